The average Bonchev–Trinajstić information content (AvgIpc) is 2.13. The molecular weight excluding hydrogens is 320 g/mol. The molecule has 0 bridgehead atoms. The smallest absolute Gasteiger partial charge is 0.304 e. The van der Waals surface area contributed by atoms with Crippen LogP contribution in [-0.4, -0.2) is 15.7 Å². The summed E-state index contributed by atoms with van der Waals surface area (Å²) >= 11 is 6.21. The minimum absolute atomic E-state index is 0.181. The zero-order chi connectivity index (χ0) is 10.7. The van der Waals surface area contributed by atoms with Crippen LogP contribution in [0.15, 0.2) is 19.9 Å². The second-order valence-corrected chi connectivity index (χ2v) is 4.02. The fourth-order valence-electron chi connectivity index (χ4n) is 0.689. The molecule has 0 saturated heterocycles. The first-order valence-corrected chi connectivity index (χ1v) is 5.15. The van der Waals surface area contributed by atoms with Crippen molar-refractivity contribution < 1.29 is 9.53 Å². The third-order valence-electron chi connectivity index (χ3n) is 1.33. The van der Waals surface area contributed by atoms with E-state index in [4.69, 9.17) is 0 Å². The lowest BCUT2D eigenvalue weighted by Gasteiger charge is -2.04. The summed E-state index contributed by atoms with van der Waals surface area (Å²) < 4.78 is 6.57. The lowest BCUT2D eigenvalue weighted by Crippen LogP contribution is -2.25. The second-order valence-electron chi connectivity index (χ2n) is 2.38. The number of carbonyl (C=O) groups is 1. The number of rotatable bonds is 2. The number of nitrogens with zero attached hydrogens (tertiary/aromatic N) is 2. The summed E-state index contributed by atoms with van der Waals surface area (Å²) in [6.45, 7) is 1.08. The van der Waals surface area contributed by atoms with Gasteiger partial charge >= 0.3 is 5.97 Å². The van der Waals surface area contributed by atoms with Crippen molar-refractivity contribution in [3.63, 3.8) is 0 Å². The number of aromatic nitrogens is 2. The van der Waals surface area contributed by atoms with Gasteiger partial charge in [-0.3, -0.25) is 9.59 Å². The van der Waals surface area contributed by atoms with Gasteiger partial charge < -0.3 is 4.74 Å². The Morgan fingerprint density at radius 2 is 2.29 bits per heavy atom. The summed E-state index contributed by atoms with van der Waals surface area (Å²) in [7, 11) is 0. The summed E-state index contributed by atoms with van der Waals surface area (Å²) in [5.74, 6) is -0.460. The highest BCUT2D eigenvalue weighted by atomic mass is 79.9. The Hall–Kier alpha value is -0.690. The van der Waals surface area contributed by atoms with Crippen molar-refractivity contribution in [3.8, 4) is 0 Å². The van der Waals surface area contributed by atoms with Gasteiger partial charge in [-0.15, -0.1) is 0 Å². The van der Waals surface area contributed by atoms with E-state index in [1.165, 1.54) is 13.1 Å². The van der Waals surface area contributed by atoms with E-state index in [2.05, 4.69) is 41.7 Å². The van der Waals surface area contributed by atoms with Crippen molar-refractivity contribution in [1.82, 2.24) is 9.78 Å². The van der Waals surface area contributed by atoms with E-state index in [0.717, 1.165) is 4.68 Å². The first-order valence-electron chi connectivity index (χ1n) is 3.57. The molecule has 0 saturated carbocycles. The maximum absolute atomic E-state index is 11.4. The molecule has 1 aromatic rings. The Morgan fingerprint density at radius 3 is 2.86 bits per heavy atom. The minimum Gasteiger partial charge on any atom is -0.442 e. The highest BCUT2D eigenvalue weighted by molar-refractivity contribution is 9.13. The number of carbonyl (C=O) groups excluding carboxylic acids is 1. The summed E-state index contributed by atoms with van der Waals surface area (Å²) in [5, 5.41) is 3.76. The lowest BCUT2D eigenvalue weighted by atomic mass is 10.6. The van der Waals surface area contributed by atoms with Crippen LogP contribution in [0.2, 0.25) is 0 Å². The molecule has 0 spiro atoms. The van der Waals surface area contributed by atoms with Gasteiger partial charge in [-0.2, -0.15) is 9.78 Å². The molecule has 0 aliphatic rings. The Labute approximate surface area is 96.3 Å². The van der Waals surface area contributed by atoms with Crippen molar-refractivity contribution >= 4 is 37.8 Å². The summed E-state index contributed by atoms with van der Waals surface area (Å²) in [6.07, 6.45) is 1.44. The maximum atomic E-state index is 11.4. The van der Waals surface area contributed by atoms with E-state index >= 15 is 0 Å². The molecule has 7 heteroatoms. The van der Waals surface area contributed by atoms with E-state index < -0.39 is 5.97 Å². The Kier molecular flexibility index (Phi) is 3.82. The van der Waals surface area contributed by atoms with Crippen LogP contribution in [0.3, 0.4) is 0 Å². The Balaban J connectivity index is 2.95. The quantitative estimate of drug-likeness (QED) is 0.769. The molecule has 14 heavy (non-hydrogen) atoms. The minimum atomic E-state index is -0.460. The molecule has 0 radical (unpaired) electrons. The molecular formula is C7H6Br2N2O3. The topological polar surface area (TPSA) is 61.2 Å². The molecule has 0 fully saturated rings. The molecule has 0 atom stereocenters. The van der Waals surface area contributed by atoms with Gasteiger partial charge in [-0.05, 0) is 31.9 Å². The number of hydrogen-bond donors (Lipinski definition) is 0. The largest absolute Gasteiger partial charge is 0.442 e. The van der Waals surface area contributed by atoms with Gasteiger partial charge in [0.15, 0.2) is 6.73 Å². The zero-order valence-corrected chi connectivity index (χ0v) is 10.3. The Morgan fingerprint density at radius 1 is 1.64 bits per heavy atom. The number of hydrogen-bond acceptors (Lipinski definition) is 4. The van der Waals surface area contributed by atoms with Crippen LogP contribution in [-0.2, 0) is 16.3 Å². The van der Waals surface area contributed by atoms with E-state index in [9.17, 15) is 9.59 Å². The predicted octanol–water partition coefficient (Wildman–Crippen LogP) is 1.29. The summed E-state index contributed by atoms with van der Waals surface area (Å²) in [4.78, 5) is 21.9. The third-order valence-corrected chi connectivity index (χ3v) is 3.23. The van der Waals surface area contributed by atoms with Crippen LogP contribution in [0.4, 0.5) is 0 Å². The third kappa shape index (κ3) is 2.65. The van der Waals surface area contributed by atoms with Crippen molar-refractivity contribution in [2.24, 2.45) is 0 Å². The van der Waals surface area contributed by atoms with Crippen molar-refractivity contribution in [3.05, 3.63) is 25.5 Å². The standard InChI is InChI=1S/C7H6Br2N2O3/c1-4(12)14-3-11-7(13)6(9)5(8)2-10-11/h2H,3H2,1H3. The van der Waals surface area contributed by atoms with E-state index in [1.54, 1.807) is 0 Å². The highest BCUT2D eigenvalue weighted by Crippen LogP contribution is 2.16. The van der Waals surface area contributed by atoms with Gasteiger partial charge in [0.2, 0.25) is 0 Å². The molecule has 5 nitrogen and oxygen atoms in total. The van der Waals surface area contributed by atoms with Crippen molar-refractivity contribution in [2.75, 3.05) is 0 Å². The molecule has 76 valence electrons. The number of halogens is 2. The van der Waals surface area contributed by atoms with Crippen LogP contribution >= 0.6 is 31.9 Å². The molecule has 0 aromatic carbocycles. The molecule has 1 aromatic heterocycles. The van der Waals surface area contributed by atoms with Crippen LogP contribution in [0.5, 0.6) is 0 Å². The van der Waals surface area contributed by atoms with Crippen molar-refractivity contribution in [2.45, 2.75) is 13.7 Å². The van der Waals surface area contributed by atoms with E-state index in [-0.39, 0.29) is 12.3 Å². The molecule has 0 amide bonds. The second kappa shape index (κ2) is 4.70. The molecule has 0 aliphatic carbocycles. The SMILES string of the molecule is CC(=O)OCn1ncc(Br)c(Br)c1=O. The summed E-state index contributed by atoms with van der Waals surface area (Å²) in [6, 6.07) is 0. The van der Waals surface area contributed by atoms with Gasteiger partial charge in [0.1, 0.15) is 4.47 Å². The molecule has 0 N–H and O–H groups in total. The van der Waals surface area contributed by atoms with Crippen molar-refractivity contribution in [1.29, 1.82) is 0 Å². The molecule has 0 aliphatic heterocycles. The summed E-state index contributed by atoms with van der Waals surface area (Å²) in [5.41, 5.74) is -0.361. The predicted molar refractivity (Wildman–Crippen MR) is 55.7 cm³/mol. The highest BCUT2D eigenvalue weighted by Gasteiger charge is 2.06. The van der Waals surface area contributed by atoms with Gasteiger partial charge in [-0.25, -0.2) is 0 Å². The fraction of sp³-hybridized carbons (Fsp3) is 0.286. The van der Waals surface area contributed by atoms with E-state index in [0.29, 0.717) is 8.95 Å². The van der Waals surface area contributed by atoms with Gasteiger partial charge in [0.05, 0.1) is 10.7 Å². The fourth-order valence-corrected chi connectivity index (χ4v) is 1.26. The lowest BCUT2D eigenvalue weighted by molar-refractivity contribution is -0.145. The molecule has 0 unspecified atom stereocenters. The first kappa shape index (κ1) is 11.4. The maximum Gasteiger partial charge on any atom is 0.304 e. The first-order chi connectivity index (χ1) is 6.52. The molecule has 1 rings (SSSR count). The monoisotopic (exact) mass is 324 g/mol. The molecule has 1 heterocycles. The number of esters is 1. The Bertz CT molecular complexity index is 416. The number of ether oxygens (including phenoxy) is 1. The van der Waals surface area contributed by atoms with Gasteiger partial charge in [0.25, 0.3) is 5.56 Å². The van der Waals surface area contributed by atoms with Crippen LogP contribution < -0.4 is 5.56 Å². The van der Waals surface area contributed by atoms with Crippen LogP contribution in [0, 0.1) is 0 Å². The average molecular weight is 326 g/mol. The van der Waals surface area contributed by atoms with Crippen LogP contribution in [0.25, 0.3) is 0 Å². The van der Waals surface area contributed by atoms with Gasteiger partial charge in [-0.1, -0.05) is 0 Å². The van der Waals surface area contributed by atoms with Gasteiger partial charge in [0, 0.05) is 6.92 Å². The zero-order valence-electron chi connectivity index (χ0n) is 7.16. The van der Waals surface area contributed by atoms with E-state index in [1.807, 2.05) is 0 Å². The van der Waals surface area contributed by atoms with Crippen LogP contribution in [0.1, 0.15) is 6.92 Å². The normalized spacial score (nSPS) is 9.93.